The van der Waals surface area contributed by atoms with E-state index in [9.17, 15) is 4.39 Å². The molecule has 1 aliphatic rings. The Balaban J connectivity index is 2.36. The molecule has 0 bridgehead atoms. The molecule has 0 nitrogen and oxygen atoms in total. The molecule has 63 valence electrons. The molecule has 0 heterocycles. The second-order valence-corrected chi connectivity index (χ2v) is 4.12. The molecule has 0 aromatic heterocycles. The van der Waals surface area contributed by atoms with E-state index in [2.05, 4.69) is 22.9 Å². The molecule has 1 aliphatic carbocycles. The molecule has 0 spiro atoms. The second-order valence-electron chi connectivity index (χ2n) is 3.27. The van der Waals surface area contributed by atoms with Crippen LogP contribution in [0, 0.1) is 18.7 Å². The minimum Gasteiger partial charge on any atom is -0.207 e. The van der Waals surface area contributed by atoms with Gasteiger partial charge in [0, 0.05) is 4.47 Å². The van der Waals surface area contributed by atoms with Gasteiger partial charge in [-0.2, -0.15) is 0 Å². The molecule has 1 radical (unpaired) electrons. The number of benzene rings is 1. The maximum absolute atomic E-state index is 12.8. The summed E-state index contributed by atoms with van der Waals surface area (Å²) in [5.41, 5.74) is 1.06. The van der Waals surface area contributed by atoms with Crippen LogP contribution >= 0.6 is 15.9 Å². The summed E-state index contributed by atoms with van der Waals surface area (Å²) in [4.78, 5) is 0. The summed E-state index contributed by atoms with van der Waals surface area (Å²) in [5.74, 6) is 0.783. The van der Waals surface area contributed by atoms with Crippen LogP contribution in [0.2, 0.25) is 0 Å². The van der Waals surface area contributed by atoms with Crippen LogP contribution < -0.4 is 0 Å². The maximum Gasteiger partial charge on any atom is 0.123 e. The van der Waals surface area contributed by atoms with Gasteiger partial charge in [0.25, 0.3) is 0 Å². The lowest BCUT2D eigenvalue weighted by atomic mass is 10.1. The summed E-state index contributed by atoms with van der Waals surface area (Å²) in [6, 6.07) is 4.82. The molecule has 2 unspecified atom stereocenters. The Bertz CT molecular complexity index is 309. The highest BCUT2D eigenvalue weighted by molar-refractivity contribution is 9.10. The molecule has 2 atom stereocenters. The van der Waals surface area contributed by atoms with Gasteiger partial charge >= 0.3 is 0 Å². The van der Waals surface area contributed by atoms with E-state index in [1.54, 1.807) is 12.1 Å². The minimum absolute atomic E-state index is 0.160. The van der Waals surface area contributed by atoms with Gasteiger partial charge in [0.05, 0.1) is 0 Å². The predicted molar refractivity (Wildman–Crippen MR) is 50.3 cm³/mol. The van der Waals surface area contributed by atoms with Crippen molar-refractivity contribution in [2.24, 2.45) is 5.92 Å². The zero-order chi connectivity index (χ0) is 8.72. The highest BCUT2D eigenvalue weighted by Crippen LogP contribution is 2.48. The summed E-state index contributed by atoms with van der Waals surface area (Å²) >= 11 is 3.40. The molecule has 0 amide bonds. The molecular weight excluding hydrogens is 219 g/mol. The molecule has 2 heteroatoms. The van der Waals surface area contributed by atoms with E-state index in [0.717, 1.165) is 16.5 Å². The predicted octanol–water partition coefficient (Wildman–Crippen LogP) is 3.53. The Morgan fingerprint density at radius 3 is 2.75 bits per heavy atom. The van der Waals surface area contributed by atoms with E-state index in [1.165, 1.54) is 6.07 Å². The molecule has 0 N–H and O–H groups in total. The Morgan fingerprint density at radius 2 is 2.17 bits per heavy atom. The summed E-state index contributed by atoms with van der Waals surface area (Å²) in [7, 11) is 0. The lowest BCUT2D eigenvalue weighted by molar-refractivity contribution is 0.624. The fraction of sp³-hybridized carbons (Fsp3) is 0.300. The van der Waals surface area contributed by atoms with E-state index in [4.69, 9.17) is 0 Å². The van der Waals surface area contributed by atoms with Crippen LogP contribution in [0.3, 0.4) is 0 Å². The SMILES string of the molecule is [CH2]C1CC1c1cc(F)ccc1Br. The summed E-state index contributed by atoms with van der Waals surface area (Å²) in [6.07, 6.45) is 1.09. The monoisotopic (exact) mass is 227 g/mol. The van der Waals surface area contributed by atoms with Gasteiger partial charge in [0.2, 0.25) is 0 Å². The van der Waals surface area contributed by atoms with E-state index in [0.29, 0.717) is 11.8 Å². The highest BCUT2D eigenvalue weighted by atomic mass is 79.9. The summed E-state index contributed by atoms with van der Waals surface area (Å²) < 4.78 is 13.8. The average molecular weight is 228 g/mol. The van der Waals surface area contributed by atoms with E-state index < -0.39 is 0 Å². The van der Waals surface area contributed by atoms with Crippen LogP contribution in [0.5, 0.6) is 0 Å². The van der Waals surface area contributed by atoms with Crippen molar-refractivity contribution in [3.8, 4) is 0 Å². The van der Waals surface area contributed by atoms with Gasteiger partial charge in [-0.3, -0.25) is 0 Å². The first-order valence-corrected chi connectivity index (χ1v) is 4.76. The highest BCUT2D eigenvalue weighted by Gasteiger charge is 2.35. The molecule has 2 rings (SSSR count). The molecule has 12 heavy (non-hydrogen) atoms. The Morgan fingerprint density at radius 1 is 1.50 bits per heavy atom. The molecule has 1 saturated carbocycles. The lowest BCUT2D eigenvalue weighted by Crippen LogP contribution is -1.85. The smallest absolute Gasteiger partial charge is 0.123 e. The zero-order valence-electron chi connectivity index (χ0n) is 6.56. The van der Waals surface area contributed by atoms with Gasteiger partial charge < -0.3 is 0 Å². The Kier molecular flexibility index (Phi) is 1.95. The van der Waals surface area contributed by atoms with Gasteiger partial charge in [-0.25, -0.2) is 4.39 Å². The van der Waals surface area contributed by atoms with Crippen LogP contribution in [-0.2, 0) is 0 Å². The first kappa shape index (κ1) is 8.24. The first-order chi connectivity index (χ1) is 5.68. The first-order valence-electron chi connectivity index (χ1n) is 3.96. The van der Waals surface area contributed by atoms with Crippen molar-refractivity contribution >= 4 is 15.9 Å². The number of hydrogen-bond acceptors (Lipinski definition) is 0. The van der Waals surface area contributed by atoms with Crippen LogP contribution in [0.25, 0.3) is 0 Å². The number of halogens is 2. The maximum atomic E-state index is 12.8. The third-order valence-corrected chi connectivity index (χ3v) is 3.00. The number of rotatable bonds is 1. The Labute approximate surface area is 79.9 Å². The third kappa shape index (κ3) is 1.40. The molecule has 1 aromatic rings. The van der Waals surface area contributed by atoms with Gasteiger partial charge in [0.15, 0.2) is 0 Å². The zero-order valence-corrected chi connectivity index (χ0v) is 8.14. The van der Waals surface area contributed by atoms with Crippen LogP contribution in [0.1, 0.15) is 17.9 Å². The third-order valence-electron chi connectivity index (χ3n) is 2.28. The quantitative estimate of drug-likeness (QED) is 0.689. The van der Waals surface area contributed by atoms with Gasteiger partial charge in [-0.05, 0) is 48.9 Å². The van der Waals surface area contributed by atoms with Crippen molar-refractivity contribution in [3.05, 3.63) is 41.0 Å². The standard InChI is InChI=1S/C10H9BrF/c1-6-4-8(6)9-5-7(12)2-3-10(9)11/h2-3,5-6,8H,1,4H2. The fourth-order valence-electron chi connectivity index (χ4n) is 1.43. The van der Waals surface area contributed by atoms with Crippen molar-refractivity contribution in [2.45, 2.75) is 12.3 Å². The summed E-state index contributed by atoms with van der Waals surface area (Å²) in [5, 5.41) is 0. The molecule has 1 aromatic carbocycles. The minimum atomic E-state index is -0.160. The van der Waals surface area contributed by atoms with Crippen LogP contribution in [0.15, 0.2) is 22.7 Å². The molecule has 1 fully saturated rings. The van der Waals surface area contributed by atoms with E-state index >= 15 is 0 Å². The normalized spacial score (nSPS) is 27.2. The fourth-order valence-corrected chi connectivity index (χ4v) is 1.97. The molecular formula is C10H9BrF. The van der Waals surface area contributed by atoms with Crippen molar-refractivity contribution in [1.82, 2.24) is 0 Å². The van der Waals surface area contributed by atoms with Crippen molar-refractivity contribution in [3.63, 3.8) is 0 Å². The topological polar surface area (TPSA) is 0 Å². The molecule has 0 aliphatic heterocycles. The van der Waals surface area contributed by atoms with Gasteiger partial charge in [0.1, 0.15) is 5.82 Å². The van der Waals surface area contributed by atoms with Gasteiger partial charge in [-0.1, -0.05) is 15.9 Å². The van der Waals surface area contributed by atoms with E-state index in [-0.39, 0.29) is 5.82 Å². The molecule has 0 saturated heterocycles. The Hall–Kier alpha value is -0.370. The lowest BCUT2D eigenvalue weighted by Gasteiger charge is -2.01. The van der Waals surface area contributed by atoms with E-state index in [1.807, 2.05) is 0 Å². The average Bonchev–Trinajstić information content (AvgIpc) is 2.73. The second kappa shape index (κ2) is 2.84. The summed E-state index contributed by atoms with van der Waals surface area (Å²) in [6.45, 7) is 3.94. The largest absolute Gasteiger partial charge is 0.207 e. The van der Waals surface area contributed by atoms with Gasteiger partial charge in [-0.15, -0.1) is 0 Å². The van der Waals surface area contributed by atoms with Crippen molar-refractivity contribution in [1.29, 1.82) is 0 Å². The van der Waals surface area contributed by atoms with Crippen LogP contribution in [0.4, 0.5) is 4.39 Å². The number of hydrogen-bond donors (Lipinski definition) is 0. The van der Waals surface area contributed by atoms with Crippen LogP contribution in [-0.4, -0.2) is 0 Å². The van der Waals surface area contributed by atoms with Crippen molar-refractivity contribution in [2.75, 3.05) is 0 Å². The van der Waals surface area contributed by atoms with Crippen molar-refractivity contribution < 1.29 is 4.39 Å².